The molecule has 1 aromatic heterocycles. The molecule has 122 valence electrons. The van der Waals surface area contributed by atoms with Crippen molar-refractivity contribution in [2.24, 2.45) is 5.73 Å². The van der Waals surface area contributed by atoms with Gasteiger partial charge in [-0.1, -0.05) is 0 Å². The minimum absolute atomic E-state index is 0.0841. The number of carbonyl (C=O) groups excluding carboxylic acids is 2. The Morgan fingerprint density at radius 3 is 2.83 bits per heavy atom. The van der Waals surface area contributed by atoms with Gasteiger partial charge in [-0.15, -0.1) is 11.3 Å². The predicted octanol–water partition coefficient (Wildman–Crippen LogP) is 2.60. The summed E-state index contributed by atoms with van der Waals surface area (Å²) in [5.41, 5.74) is 6.12. The molecule has 0 aliphatic carbocycles. The number of anilines is 2. The molecule has 0 bridgehead atoms. The molecular weight excluding hydrogens is 316 g/mol. The lowest BCUT2D eigenvalue weighted by atomic mass is 10.2. The van der Waals surface area contributed by atoms with Crippen LogP contribution < -0.4 is 21.1 Å². The summed E-state index contributed by atoms with van der Waals surface area (Å²) in [6.07, 6.45) is 3.69. The summed E-state index contributed by atoms with van der Waals surface area (Å²) in [5, 5.41) is 8.20. The van der Waals surface area contributed by atoms with Crippen LogP contribution in [0.5, 0.6) is 5.75 Å². The zero-order chi connectivity index (χ0) is 16.7. The van der Waals surface area contributed by atoms with E-state index in [-0.39, 0.29) is 5.91 Å². The van der Waals surface area contributed by atoms with Gasteiger partial charge in [-0.3, -0.25) is 4.79 Å². The van der Waals surface area contributed by atoms with Gasteiger partial charge in [0.05, 0.1) is 17.8 Å². The molecule has 4 N–H and O–H groups in total. The van der Waals surface area contributed by atoms with E-state index in [1.807, 2.05) is 5.38 Å². The number of aromatic nitrogens is 1. The van der Waals surface area contributed by atoms with Gasteiger partial charge in [-0.05, 0) is 25.0 Å². The maximum absolute atomic E-state index is 11.9. The molecule has 0 spiro atoms. The summed E-state index contributed by atoms with van der Waals surface area (Å²) in [7, 11) is 1.47. The topological polar surface area (TPSA) is 106 Å². The number of ether oxygens (including phenoxy) is 1. The quantitative estimate of drug-likeness (QED) is 0.723. The van der Waals surface area contributed by atoms with Crippen molar-refractivity contribution < 1.29 is 14.3 Å². The third-order valence-electron chi connectivity index (χ3n) is 3.02. The van der Waals surface area contributed by atoms with Crippen LogP contribution in [0.1, 0.15) is 17.8 Å². The average Bonchev–Trinajstić information content (AvgIpc) is 3.01. The number of benzene rings is 1. The molecule has 0 unspecified atom stereocenters. The number of rotatable bonds is 7. The summed E-state index contributed by atoms with van der Waals surface area (Å²) in [6, 6.07) is 4.24. The number of primary amides is 1. The van der Waals surface area contributed by atoms with Crippen molar-refractivity contribution in [1.29, 1.82) is 0 Å². The first-order valence-corrected chi connectivity index (χ1v) is 7.89. The highest BCUT2D eigenvalue weighted by atomic mass is 32.1. The van der Waals surface area contributed by atoms with E-state index >= 15 is 0 Å². The second-order valence-corrected chi connectivity index (χ2v) is 5.71. The Kier molecular flexibility index (Phi) is 5.93. The van der Waals surface area contributed by atoms with Gasteiger partial charge in [0.15, 0.2) is 0 Å². The number of nitrogens with two attached hydrogens (primary N) is 1. The number of nitrogens with zero attached hydrogens (tertiary/aromatic N) is 1. The molecule has 0 saturated carbocycles. The smallest absolute Gasteiger partial charge is 0.316 e. The van der Waals surface area contributed by atoms with Gasteiger partial charge in [0.1, 0.15) is 5.75 Å². The maximum Gasteiger partial charge on any atom is 0.316 e. The maximum atomic E-state index is 11.9. The molecule has 2 aromatic rings. The third-order valence-corrected chi connectivity index (χ3v) is 3.86. The fraction of sp³-hybridized carbons (Fsp3) is 0.267. The van der Waals surface area contributed by atoms with Crippen LogP contribution in [-0.4, -0.2) is 24.0 Å². The van der Waals surface area contributed by atoms with Crippen LogP contribution in [-0.2, 0) is 11.2 Å². The van der Waals surface area contributed by atoms with Gasteiger partial charge >= 0.3 is 6.03 Å². The highest BCUT2D eigenvalue weighted by Crippen LogP contribution is 2.28. The van der Waals surface area contributed by atoms with Gasteiger partial charge < -0.3 is 21.1 Å². The molecule has 0 atom stereocenters. The molecule has 1 aromatic carbocycles. The first-order valence-electron chi connectivity index (χ1n) is 7.01. The van der Waals surface area contributed by atoms with E-state index < -0.39 is 6.03 Å². The minimum Gasteiger partial charge on any atom is -0.494 e. The lowest BCUT2D eigenvalue weighted by Gasteiger charge is -2.11. The van der Waals surface area contributed by atoms with Gasteiger partial charge in [-0.25, -0.2) is 9.78 Å². The molecule has 0 aliphatic heterocycles. The first kappa shape index (κ1) is 16.8. The zero-order valence-electron chi connectivity index (χ0n) is 12.7. The first-order chi connectivity index (χ1) is 11.1. The normalized spacial score (nSPS) is 10.1. The molecule has 23 heavy (non-hydrogen) atoms. The van der Waals surface area contributed by atoms with Crippen LogP contribution >= 0.6 is 11.3 Å². The van der Waals surface area contributed by atoms with Crippen LogP contribution in [0.3, 0.4) is 0 Å². The van der Waals surface area contributed by atoms with E-state index in [1.54, 1.807) is 35.7 Å². The van der Waals surface area contributed by atoms with Crippen molar-refractivity contribution in [3.63, 3.8) is 0 Å². The highest BCUT2D eigenvalue weighted by Gasteiger charge is 2.09. The summed E-state index contributed by atoms with van der Waals surface area (Å²) >= 11 is 1.59. The Morgan fingerprint density at radius 1 is 1.35 bits per heavy atom. The van der Waals surface area contributed by atoms with E-state index in [4.69, 9.17) is 10.5 Å². The molecule has 0 saturated heterocycles. The molecule has 8 heteroatoms. The van der Waals surface area contributed by atoms with Crippen molar-refractivity contribution in [3.05, 3.63) is 34.8 Å². The van der Waals surface area contributed by atoms with Crippen LogP contribution in [0.4, 0.5) is 16.2 Å². The number of amides is 3. The van der Waals surface area contributed by atoms with Crippen molar-refractivity contribution in [1.82, 2.24) is 4.98 Å². The lowest BCUT2D eigenvalue weighted by Crippen LogP contribution is -2.19. The minimum atomic E-state index is -0.678. The third kappa shape index (κ3) is 5.26. The Morgan fingerprint density at radius 2 is 2.17 bits per heavy atom. The Hall–Kier alpha value is -2.61. The molecular formula is C15H18N4O3S. The van der Waals surface area contributed by atoms with Gasteiger partial charge in [0.25, 0.3) is 0 Å². The monoisotopic (exact) mass is 334 g/mol. The summed E-state index contributed by atoms with van der Waals surface area (Å²) in [4.78, 5) is 27.0. The standard InChI is InChI=1S/C15H18N4O3S/c1-22-12-9-10(5-6-11(12)19-15(16)21)18-13(20)3-2-4-14-17-7-8-23-14/h5-9H,2-4H2,1H3,(H,18,20)(H3,16,19,21). The van der Waals surface area contributed by atoms with E-state index in [9.17, 15) is 9.59 Å². The number of carbonyl (C=O) groups is 2. The Labute approximate surface area is 137 Å². The zero-order valence-corrected chi connectivity index (χ0v) is 13.5. The molecule has 0 radical (unpaired) electrons. The van der Waals surface area contributed by atoms with Crippen molar-refractivity contribution in [2.45, 2.75) is 19.3 Å². The summed E-state index contributed by atoms with van der Waals surface area (Å²) < 4.78 is 5.17. The van der Waals surface area contributed by atoms with Gasteiger partial charge in [-0.2, -0.15) is 0 Å². The van der Waals surface area contributed by atoms with E-state index in [0.29, 0.717) is 23.5 Å². The number of nitrogens with one attached hydrogen (secondary N) is 2. The Balaban J connectivity index is 1.88. The van der Waals surface area contributed by atoms with E-state index in [0.717, 1.165) is 17.8 Å². The molecule has 0 fully saturated rings. The summed E-state index contributed by atoms with van der Waals surface area (Å²) in [5.74, 6) is 0.337. The second-order valence-electron chi connectivity index (χ2n) is 4.73. The van der Waals surface area contributed by atoms with E-state index in [1.165, 1.54) is 7.11 Å². The average molecular weight is 334 g/mol. The largest absolute Gasteiger partial charge is 0.494 e. The van der Waals surface area contributed by atoms with Crippen LogP contribution in [0.2, 0.25) is 0 Å². The van der Waals surface area contributed by atoms with Crippen LogP contribution in [0.15, 0.2) is 29.8 Å². The molecule has 0 aliphatic rings. The van der Waals surface area contributed by atoms with Crippen molar-refractivity contribution >= 4 is 34.6 Å². The Bertz CT molecular complexity index is 673. The fourth-order valence-corrected chi connectivity index (χ4v) is 2.67. The SMILES string of the molecule is COc1cc(NC(=O)CCCc2nccs2)ccc1NC(N)=O. The number of urea groups is 1. The van der Waals surface area contributed by atoms with Gasteiger partial charge in [0.2, 0.25) is 5.91 Å². The fourth-order valence-electron chi connectivity index (χ4n) is 2.01. The molecule has 1 heterocycles. The molecule has 2 rings (SSSR count). The second kappa shape index (κ2) is 8.14. The van der Waals surface area contributed by atoms with Crippen LogP contribution in [0.25, 0.3) is 0 Å². The number of aryl methyl sites for hydroxylation is 1. The summed E-state index contributed by atoms with van der Waals surface area (Å²) in [6.45, 7) is 0. The predicted molar refractivity (Wildman–Crippen MR) is 89.9 cm³/mol. The van der Waals surface area contributed by atoms with Crippen LogP contribution in [0, 0.1) is 0 Å². The van der Waals surface area contributed by atoms with E-state index in [2.05, 4.69) is 15.6 Å². The molecule has 7 nitrogen and oxygen atoms in total. The number of thiazole rings is 1. The molecule has 3 amide bonds. The number of hydrogen-bond acceptors (Lipinski definition) is 5. The number of methoxy groups -OCH3 is 1. The highest BCUT2D eigenvalue weighted by molar-refractivity contribution is 7.09. The van der Waals surface area contributed by atoms with Crippen molar-refractivity contribution in [3.8, 4) is 5.75 Å². The number of hydrogen-bond donors (Lipinski definition) is 3. The van der Waals surface area contributed by atoms with Gasteiger partial charge in [0, 0.05) is 29.8 Å². The van der Waals surface area contributed by atoms with Crippen molar-refractivity contribution in [2.75, 3.05) is 17.7 Å². The lowest BCUT2D eigenvalue weighted by molar-refractivity contribution is -0.116.